The monoisotopic (exact) mass is 286 g/mol. The molecule has 0 radical (unpaired) electrons. The maximum Gasteiger partial charge on any atom is 0.256 e. The molecule has 1 aromatic heterocycles. The van der Waals surface area contributed by atoms with E-state index in [0.29, 0.717) is 6.54 Å². The Labute approximate surface area is 122 Å². The van der Waals surface area contributed by atoms with Crippen LogP contribution in [0.3, 0.4) is 0 Å². The van der Waals surface area contributed by atoms with Gasteiger partial charge in [0.2, 0.25) is 0 Å². The predicted octanol–water partition coefficient (Wildman–Crippen LogP) is 1.74. The summed E-state index contributed by atoms with van der Waals surface area (Å²) in [5.41, 5.74) is 0.692. The molecule has 0 bridgehead atoms. The molecule has 0 aliphatic heterocycles. The largest absolute Gasteiger partial charge is 0.507 e. The maximum absolute atomic E-state index is 12.0. The first kappa shape index (κ1) is 14.8. The minimum atomic E-state index is -0.399. The molecule has 0 fully saturated rings. The number of nitrogens with zero attached hydrogens (tertiary/aromatic N) is 1. The van der Waals surface area contributed by atoms with Crippen molar-refractivity contribution >= 4 is 5.91 Å². The highest BCUT2D eigenvalue weighted by atomic mass is 16.3. The van der Waals surface area contributed by atoms with Gasteiger partial charge in [0.1, 0.15) is 5.75 Å². The van der Waals surface area contributed by atoms with E-state index in [0.717, 1.165) is 11.6 Å². The number of benzene rings is 1. The third-order valence-electron chi connectivity index (χ3n) is 2.96. The van der Waals surface area contributed by atoms with Crippen LogP contribution in [0.5, 0.6) is 5.75 Å². The number of pyridine rings is 1. The van der Waals surface area contributed by atoms with Crippen molar-refractivity contribution in [2.75, 3.05) is 0 Å². The highest BCUT2D eigenvalue weighted by Crippen LogP contribution is 2.14. The average Bonchev–Trinajstić information content (AvgIpc) is 2.42. The quantitative estimate of drug-likeness (QED) is 0.899. The lowest BCUT2D eigenvalue weighted by Crippen LogP contribution is -2.31. The molecule has 0 unspecified atom stereocenters. The van der Waals surface area contributed by atoms with Crippen molar-refractivity contribution in [3.05, 3.63) is 64.1 Å². The summed E-state index contributed by atoms with van der Waals surface area (Å²) in [6.45, 7) is 4.01. The summed E-state index contributed by atoms with van der Waals surface area (Å²) >= 11 is 0. The molecule has 2 rings (SSSR count). The molecule has 2 aromatic rings. The Balaban J connectivity index is 2.35. The molecule has 5 nitrogen and oxygen atoms in total. The van der Waals surface area contributed by atoms with Gasteiger partial charge in [-0.2, -0.15) is 0 Å². The molecule has 1 heterocycles. The van der Waals surface area contributed by atoms with E-state index in [1.165, 1.54) is 10.8 Å². The summed E-state index contributed by atoms with van der Waals surface area (Å²) in [7, 11) is 0. The Kier molecular flexibility index (Phi) is 4.42. The zero-order chi connectivity index (χ0) is 15.4. The molecular formula is C16H18N2O3. The number of carbonyl (C=O) groups excluding carboxylic acids is 1. The van der Waals surface area contributed by atoms with Crippen LogP contribution >= 0.6 is 0 Å². The van der Waals surface area contributed by atoms with Crippen molar-refractivity contribution in [3.63, 3.8) is 0 Å². The van der Waals surface area contributed by atoms with Crippen LogP contribution in [0.1, 0.15) is 29.8 Å². The van der Waals surface area contributed by atoms with Gasteiger partial charge in [0.15, 0.2) is 0 Å². The average molecular weight is 286 g/mol. The first-order valence-electron chi connectivity index (χ1n) is 6.75. The second-order valence-electron chi connectivity index (χ2n) is 5.15. The maximum atomic E-state index is 12.0. The summed E-state index contributed by atoms with van der Waals surface area (Å²) in [5.74, 6) is -0.702. The van der Waals surface area contributed by atoms with Crippen LogP contribution in [0.2, 0.25) is 0 Å². The van der Waals surface area contributed by atoms with Gasteiger partial charge >= 0.3 is 0 Å². The fourth-order valence-electron chi connectivity index (χ4n) is 1.98. The van der Waals surface area contributed by atoms with E-state index in [-0.39, 0.29) is 22.9 Å². The number of amides is 1. The third-order valence-corrected chi connectivity index (χ3v) is 2.96. The van der Waals surface area contributed by atoms with Gasteiger partial charge in [-0.25, -0.2) is 0 Å². The van der Waals surface area contributed by atoms with Crippen LogP contribution in [0.4, 0.5) is 0 Å². The lowest BCUT2D eigenvalue weighted by molar-refractivity contribution is 0.0939. The molecule has 5 heteroatoms. The number of aromatic nitrogens is 1. The number of rotatable bonds is 4. The van der Waals surface area contributed by atoms with E-state index < -0.39 is 5.91 Å². The molecule has 1 amide bonds. The molecule has 1 aromatic carbocycles. The van der Waals surface area contributed by atoms with Gasteiger partial charge in [-0.3, -0.25) is 9.59 Å². The highest BCUT2D eigenvalue weighted by molar-refractivity contribution is 5.96. The van der Waals surface area contributed by atoms with Crippen LogP contribution < -0.4 is 10.9 Å². The van der Waals surface area contributed by atoms with Gasteiger partial charge in [0, 0.05) is 18.3 Å². The van der Waals surface area contributed by atoms with Crippen molar-refractivity contribution in [1.29, 1.82) is 0 Å². The van der Waals surface area contributed by atoms with Crippen LogP contribution in [-0.4, -0.2) is 21.6 Å². The fraction of sp³-hybridized carbons (Fsp3) is 0.250. The molecule has 0 spiro atoms. The zero-order valence-corrected chi connectivity index (χ0v) is 12.0. The Morgan fingerprint density at radius 2 is 1.95 bits per heavy atom. The summed E-state index contributed by atoms with van der Waals surface area (Å²) in [6.07, 6.45) is 1.39. The second kappa shape index (κ2) is 6.26. The highest BCUT2D eigenvalue weighted by Gasteiger charge is 2.14. The van der Waals surface area contributed by atoms with Gasteiger partial charge in [0.05, 0.1) is 12.1 Å². The molecule has 0 saturated carbocycles. The minimum absolute atomic E-state index is 0.0496. The first-order chi connectivity index (χ1) is 9.97. The molecular weight excluding hydrogens is 268 g/mol. The van der Waals surface area contributed by atoms with Crippen LogP contribution in [0.25, 0.3) is 0 Å². The molecule has 110 valence electrons. The van der Waals surface area contributed by atoms with Crippen molar-refractivity contribution in [3.8, 4) is 5.75 Å². The van der Waals surface area contributed by atoms with E-state index in [2.05, 4.69) is 5.32 Å². The fourth-order valence-corrected chi connectivity index (χ4v) is 1.98. The van der Waals surface area contributed by atoms with Gasteiger partial charge in [0.25, 0.3) is 11.5 Å². The van der Waals surface area contributed by atoms with Crippen molar-refractivity contribution in [1.82, 2.24) is 9.88 Å². The standard InChI is InChI=1S/C16H18N2O3/c1-11(2)17-16(21)13-10-18(15(20)8-14(13)19)9-12-6-4-3-5-7-12/h3-8,10-11,19H,9H2,1-2H3,(H,17,21). The van der Waals surface area contributed by atoms with Gasteiger partial charge in [-0.15, -0.1) is 0 Å². The Bertz CT molecular complexity index is 690. The summed E-state index contributed by atoms with van der Waals surface area (Å²) in [4.78, 5) is 23.9. The normalized spacial score (nSPS) is 10.6. The number of nitrogens with one attached hydrogen (secondary N) is 1. The van der Waals surface area contributed by atoms with E-state index in [9.17, 15) is 14.7 Å². The van der Waals surface area contributed by atoms with Gasteiger partial charge < -0.3 is 15.0 Å². The van der Waals surface area contributed by atoms with Crippen molar-refractivity contribution < 1.29 is 9.90 Å². The predicted molar refractivity (Wildman–Crippen MR) is 80.5 cm³/mol. The Morgan fingerprint density at radius 1 is 1.29 bits per heavy atom. The first-order valence-corrected chi connectivity index (χ1v) is 6.75. The van der Waals surface area contributed by atoms with Crippen LogP contribution in [0.15, 0.2) is 47.4 Å². The summed E-state index contributed by atoms with van der Waals surface area (Å²) in [5, 5.41) is 12.5. The van der Waals surface area contributed by atoms with Gasteiger partial charge in [-0.1, -0.05) is 30.3 Å². The minimum Gasteiger partial charge on any atom is -0.507 e. The third kappa shape index (κ3) is 3.72. The Morgan fingerprint density at radius 3 is 2.57 bits per heavy atom. The number of carbonyl (C=O) groups is 1. The smallest absolute Gasteiger partial charge is 0.256 e. The van der Waals surface area contributed by atoms with Gasteiger partial charge in [-0.05, 0) is 19.4 Å². The molecule has 0 aliphatic carbocycles. The SMILES string of the molecule is CC(C)NC(=O)c1cn(Cc2ccccc2)c(=O)cc1O. The summed E-state index contributed by atoms with van der Waals surface area (Å²) in [6, 6.07) is 10.5. The van der Waals surface area contributed by atoms with Crippen molar-refractivity contribution in [2.24, 2.45) is 0 Å². The second-order valence-corrected chi connectivity index (χ2v) is 5.15. The molecule has 2 N–H and O–H groups in total. The zero-order valence-electron chi connectivity index (χ0n) is 12.0. The lowest BCUT2D eigenvalue weighted by Gasteiger charge is -2.12. The number of hydrogen-bond donors (Lipinski definition) is 2. The summed E-state index contributed by atoms with van der Waals surface area (Å²) < 4.78 is 1.41. The number of hydrogen-bond acceptors (Lipinski definition) is 3. The Hall–Kier alpha value is -2.56. The van der Waals surface area contributed by atoms with E-state index in [1.807, 2.05) is 44.2 Å². The van der Waals surface area contributed by atoms with E-state index in [1.54, 1.807) is 0 Å². The van der Waals surface area contributed by atoms with Crippen LogP contribution in [-0.2, 0) is 6.54 Å². The topological polar surface area (TPSA) is 71.3 Å². The van der Waals surface area contributed by atoms with E-state index in [4.69, 9.17) is 0 Å². The lowest BCUT2D eigenvalue weighted by atomic mass is 10.2. The number of aromatic hydroxyl groups is 1. The molecule has 0 atom stereocenters. The van der Waals surface area contributed by atoms with Crippen molar-refractivity contribution in [2.45, 2.75) is 26.4 Å². The molecule has 21 heavy (non-hydrogen) atoms. The molecule has 0 aliphatic rings. The molecule has 0 saturated heterocycles. The van der Waals surface area contributed by atoms with E-state index >= 15 is 0 Å². The van der Waals surface area contributed by atoms with Crippen LogP contribution in [0, 0.1) is 0 Å².